The van der Waals surface area contributed by atoms with Crippen LogP contribution in [0.5, 0.6) is 0 Å². The summed E-state index contributed by atoms with van der Waals surface area (Å²) in [6.45, 7) is 3.45. The van der Waals surface area contributed by atoms with Gasteiger partial charge in [-0.1, -0.05) is 13.0 Å². The van der Waals surface area contributed by atoms with Gasteiger partial charge in [-0.15, -0.1) is 11.3 Å². The molecule has 8 nitrogen and oxygen atoms in total. The highest BCUT2D eigenvalue weighted by atomic mass is 32.1. The highest BCUT2D eigenvalue weighted by molar-refractivity contribution is 7.13. The number of anilines is 2. The summed E-state index contributed by atoms with van der Waals surface area (Å²) >= 11 is 1.00. The van der Waals surface area contributed by atoms with Crippen molar-refractivity contribution in [1.82, 2.24) is 14.8 Å². The molecule has 1 aromatic carbocycles. The predicted molar refractivity (Wildman–Crippen MR) is 123 cm³/mol. The Morgan fingerprint density at radius 3 is 2.76 bits per heavy atom. The second-order valence-electron chi connectivity index (χ2n) is 8.17. The number of nitrogens with one attached hydrogen (secondary N) is 1. The molecular weight excluding hydrogens is 450 g/mol. The van der Waals surface area contributed by atoms with Crippen molar-refractivity contribution in [3.05, 3.63) is 47.1 Å². The molecule has 3 aromatic rings. The molecule has 0 unspecified atom stereocenters. The van der Waals surface area contributed by atoms with E-state index in [-0.39, 0.29) is 34.3 Å². The van der Waals surface area contributed by atoms with Crippen LogP contribution in [0.25, 0.3) is 10.6 Å². The van der Waals surface area contributed by atoms with E-state index in [1.807, 2.05) is 0 Å². The molecule has 176 valence electrons. The normalized spacial score (nSPS) is 21.2. The Morgan fingerprint density at radius 1 is 1.33 bits per heavy atom. The van der Waals surface area contributed by atoms with Gasteiger partial charge < -0.3 is 20.7 Å². The minimum absolute atomic E-state index is 0.0616. The standard InChI is InChI=1S/C22H26F2N6O2S/c1-12-10-30(8-7-15(25)19(12)32-3)22-16(9-26-29(22)2)27-20(31)17-11-33-21(28-17)18-13(23)5-4-6-14(18)24/h4-6,9,11-12,15,19H,7-8,10,25H2,1-3H3,(H,27,31)/t12-,15-,19-/m1/s1. The van der Waals surface area contributed by atoms with Crippen molar-refractivity contribution in [3.8, 4) is 10.6 Å². The molecule has 3 heterocycles. The zero-order chi connectivity index (χ0) is 23.7. The van der Waals surface area contributed by atoms with Crippen molar-refractivity contribution in [2.24, 2.45) is 18.7 Å². The molecule has 0 saturated carbocycles. The summed E-state index contributed by atoms with van der Waals surface area (Å²) in [4.78, 5) is 19.2. The number of halogens is 2. The van der Waals surface area contributed by atoms with Crippen molar-refractivity contribution in [2.75, 3.05) is 30.4 Å². The quantitative estimate of drug-likeness (QED) is 0.587. The molecule has 1 saturated heterocycles. The van der Waals surface area contributed by atoms with Gasteiger partial charge >= 0.3 is 0 Å². The van der Waals surface area contributed by atoms with Gasteiger partial charge in [0.05, 0.1) is 17.9 Å². The van der Waals surface area contributed by atoms with Gasteiger partial charge in [0, 0.05) is 44.6 Å². The average Bonchev–Trinajstić information content (AvgIpc) is 3.35. The summed E-state index contributed by atoms with van der Waals surface area (Å²) in [6, 6.07) is 3.51. The SMILES string of the molecule is CO[C@@H]1[C@H](C)CN(c2c(NC(=O)c3csc(-c4c(F)cccc4F)n3)cnn2C)CC[C@H]1N. The third-order valence-electron chi connectivity index (χ3n) is 5.86. The molecule has 0 aliphatic carbocycles. The molecule has 1 amide bonds. The molecule has 0 spiro atoms. The molecule has 2 aromatic heterocycles. The van der Waals surface area contributed by atoms with Gasteiger partial charge in [-0.3, -0.25) is 9.48 Å². The minimum atomic E-state index is -0.728. The Bertz CT molecular complexity index is 1130. The van der Waals surface area contributed by atoms with E-state index in [1.54, 1.807) is 25.0 Å². The molecule has 0 bridgehead atoms. The third kappa shape index (κ3) is 4.61. The summed E-state index contributed by atoms with van der Waals surface area (Å²) < 4.78 is 35.5. The van der Waals surface area contributed by atoms with E-state index in [4.69, 9.17) is 10.5 Å². The number of hydrogen-bond acceptors (Lipinski definition) is 7. The van der Waals surface area contributed by atoms with Crippen LogP contribution >= 0.6 is 11.3 Å². The van der Waals surface area contributed by atoms with Crippen LogP contribution in [-0.4, -0.2) is 53.0 Å². The number of hydrogen-bond donors (Lipinski definition) is 2. The van der Waals surface area contributed by atoms with Crippen molar-refractivity contribution in [1.29, 1.82) is 0 Å². The first-order chi connectivity index (χ1) is 15.8. The smallest absolute Gasteiger partial charge is 0.275 e. The van der Waals surface area contributed by atoms with Crippen LogP contribution < -0.4 is 16.0 Å². The van der Waals surface area contributed by atoms with Gasteiger partial charge in [0.2, 0.25) is 0 Å². The zero-order valence-electron chi connectivity index (χ0n) is 18.6. The lowest BCUT2D eigenvalue weighted by molar-refractivity contribution is 0.0447. The van der Waals surface area contributed by atoms with Crippen molar-refractivity contribution < 1.29 is 18.3 Å². The number of carbonyl (C=O) groups is 1. The first kappa shape index (κ1) is 23.3. The monoisotopic (exact) mass is 476 g/mol. The van der Waals surface area contributed by atoms with Gasteiger partial charge in [0.25, 0.3) is 5.91 Å². The minimum Gasteiger partial charge on any atom is -0.379 e. The lowest BCUT2D eigenvalue weighted by Gasteiger charge is -2.28. The second-order valence-corrected chi connectivity index (χ2v) is 9.03. The molecule has 3 N–H and O–H groups in total. The first-order valence-electron chi connectivity index (χ1n) is 10.6. The fourth-order valence-corrected chi connectivity index (χ4v) is 5.16. The number of nitrogens with zero attached hydrogens (tertiary/aromatic N) is 4. The topological polar surface area (TPSA) is 98.3 Å². The van der Waals surface area contributed by atoms with Gasteiger partial charge in [-0.2, -0.15) is 5.10 Å². The van der Waals surface area contributed by atoms with Gasteiger partial charge in [0.1, 0.15) is 28.0 Å². The maximum Gasteiger partial charge on any atom is 0.275 e. The molecule has 1 aliphatic heterocycles. The van der Waals surface area contributed by atoms with Crippen molar-refractivity contribution in [2.45, 2.75) is 25.5 Å². The van der Waals surface area contributed by atoms with Crippen LogP contribution in [0.15, 0.2) is 29.8 Å². The Hall–Kier alpha value is -2.89. The Balaban J connectivity index is 1.56. The van der Waals surface area contributed by atoms with Crippen molar-refractivity contribution in [3.63, 3.8) is 0 Å². The fraction of sp³-hybridized carbons (Fsp3) is 0.409. The molecule has 1 aliphatic rings. The predicted octanol–water partition coefficient (Wildman–Crippen LogP) is 3.26. The van der Waals surface area contributed by atoms with Crippen LogP contribution in [-0.2, 0) is 11.8 Å². The number of carbonyl (C=O) groups excluding carboxylic acids is 1. The highest BCUT2D eigenvalue weighted by Crippen LogP contribution is 2.32. The summed E-state index contributed by atoms with van der Waals surface area (Å²) in [5, 5.41) is 8.73. The number of amides is 1. The molecule has 33 heavy (non-hydrogen) atoms. The lowest BCUT2D eigenvalue weighted by atomic mass is 9.98. The van der Waals surface area contributed by atoms with Crippen LogP contribution in [0.1, 0.15) is 23.8 Å². The second kappa shape index (κ2) is 9.54. The van der Waals surface area contributed by atoms with E-state index in [2.05, 4.69) is 27.2 Å². The number of nitrogens with two attached hydrogens (primary N) is 1. The molecule has 1 fully saturated rings. The number of benzene rings is 1. The molecule has 0 radical (unpaired) electrons. The number of ether oxygens (including phenoxy) is 1. The number of rotatable bonds is 5. The van der Waals surface area contributed by atoms with E-state index in [1.165, 1.54) is 11.4 Å². The van der Waals surface area contributed by atoms with Crippen LogP contribution in [0.3, 0.4) is 0 Å². The van der Waals surface area contributed by atoms with Crippen LogP contribution in [0.4, 0.5) is 20.3 Å². The summed E-state index contributed by atoms with van der Waals surface area (Å²) in [7, 11) is 3.47. The number of thiazole rings is 1. The van der Waals surface area contributed by atoms with Gasteiger partial charge in [0.15, 0.2) is 5.82 Å². The molecular formula is C22H26F2N6O2S. The van der Waals surface area contributed by atoms with E-state index >= 15 is 0 Å². The summed E-state index contributed by atoms with van der Waals surface area (Å²) in [5.41, 5.74) is 6.64. The Kier molecular flexibility index (Phi) is 6.73. The van der Waals surface area contributed by atoms with Crippen molar-refractivity contribution >= 4 is 28.7 Å². The first-order valence-corrected chi connectivity index (χ1v) is 11.4. The van der Waals surface area contributed by atoms with Crippen LogP contribution in [0, 0.1) is 17.6 Å². The molecule has 11 heteroatoms. The average molecular weight is 477 g/mol. The largest absolute Gasteiger partial charge is 0.379 e. The Morgan fingerprint density at radius 2 is 2.06 bits per heavy atom. The van der Waals surface area contributed by atoms with E-state index in [9.17, 15) is 13.6 Å². The van der Waals surface area contributed by atoms with E-state index in [0.29, 0.717) is 18.8 Å². The highest BCUT2D eigenvalue weighted by Gasteiger charge is 2.32. The van der Waals surface area contributed by atoms with Crippen LogP contribution in [0.2, 0.25) is 0 Å². The van der Waals surface area contributed by atoms with Gasteiger partial charge in [-0.05, 0) is 18.6 Å². The summed E-state index contributed by atoms with van der Waals surface area (Å²) in [6.07, 6.45) is 2.24. The summed E-state index contributed by atoms with van der Waals surface area (Å²) in [5.74, 6) is -1.03. The number of aryl methyl sites for hydroxylation is 1. The third-order valence-corrected chi connectivity index (χ3v) is 6.72. The lowest BCUT2D eigenvalue weighted by Crippen LogP contribution is -2.40. The maximum absolute atomic E-state index is 14.1. The fourth-order valence-electron chi connectivity index (χ4n) is 4.31. The maximum atomic E-state index is 14.1. The zero-order valence-corrected chi connectivity index (χ0v) is 19.4. The molecule has 3 atom stereocenters. The number of methoxy groups -OCH3 is 1. The molecule has 4 rings (SSSR count). The van der Waals surface area contributed by atoms with E-state index in [0.717, 1.165) is 35.7 Å². The van der Waals surface area contributed by atoms with Gasteiger partial charge in [-0.25, -0.2) is 13.8 Å². The number of aromatic nitrogens is 3. The Labute approximate surface area is 194 Å². The van der Waals surface area contributed by atoms with E-state index < -0.39 is 17.5 Å².